The predicted octanol–water partition coefficient (Wildman–Crippen LogP) is 3.79. The molecule has 31 heavy (non-hydrogen) atoms. The van der Waals surface area contributed by atoms with Crippen LogP contribution in [0.15, 0.2) is 59.5 Å². The minimum atomic E-state index is -3.80. The van der Waals surface area contributed by atoms with Crippen molar-refractivity contribution in [2.24, 2.45) is 7.05 Å². The van der Waals surface area contributed by atoms with Crippen molar-refractivity contribution in [3.63, 3.8) is 0 Å². The summed E-state index contributed by atoms with van der Waals surface area (Å²) < 4.78 is 34.5. The van der Waals surface area contributed by atoms with Crippen molar-refractivity contribution in [3.05, 3.63) is 82.7 Å². The van der Waals surface area contributed by atoms with E-state index in [0.29, 0.717) is 11.3 Å². The van der Waals surface area contributed by atoms with Gasteiger partial charge in [0.15, 0.2) is 6.61 Å². The van der Waals surface area contributed by atoms with Gasteiger partial charge in [-0.25, -0.2) is 13.2 Å². The molecule has 0 aliphatic carbocycles. The number of hydrogen-bond donors (Lipinski definition) is 1. The lowest BCUT2D eigenvalue weighted by Gasteiger charge is -2.09. The van der Waals surface area contributed by atoms with Crippen LogP contribution < -0.4 is 4.72 Å². The summed E-state index contributed by atoms with van der Waals surface area (Å²) in [6.07, 6.45) is 0. The second-order valence-electron chi connectivity index (χ2n) is 7.34. The van der Waals surface area contributed by atoms with Gasteiger partial charge in [0.2, 0.25) is 5.78 Å². The lowest BCUT2D eigenvalue weighted by Crippen LogP contribution is -2.16. The second-order valence-corrected chi connectivity index (χ2v) is 9.02. The average Bonchev–Trinajstić information content (AvgIpc) is 3.00. The number of ether oxygens (including phenoxy) is 1. The summed E-state index contributed by atoms with van der Waals surface area (Å²) in [5.41, 5.74) is 3.86. The van der Waals surface area contributed by atoms with Gasteiger partial charge in [-0.15, -0.1) is 0 Å². The third-order valence-electron chi connectivity index (χ3n) is 5.11. The highest BCUT2D eigenvalue weighted by Gasteiger charge is 2.18. The molecule has 0 unspecified atom stereocenters. The number of nitrogens with zero attached hydrogens (tertiary/aromatic N) is 1. The van der Waals surface area contributed by atoms with E-state index in [1.165, 1.54) is 24.3 Å². The molecular formula is C23H24N2O5S. The van der Waals surface area contributed by atoms with Gasteiger partial charge in [0.25, 0.3) is 10.0 Å². The summed E-state index contributed by atoms with van der Waals surface area (Å²) in [6.45, 7) is 5.23. The highest BCUT2D eigenvalue weighted by molar-refractivity contribution is 7.92. The molecule has 0 radical (unpaired) electrons. The van der Waals surface area contributed by atoms with Crippen LogP contribution in [0.25, 0.3) is 0 Å². The van der Waals surface area contributed by atoms with Crippen molar-refractivity contribution in [2.45, 2.75) is 25.7 Å². The molecule has 0 fully saturated rings. The van der Waals surface area contributed by atoms with E-state index in [1.807, 2.05) is 32.4 Å². The van der Waals surface area contributed by atoms with Crippen LogP contribution in [-0.2, 0) is 21.8 Å². The van der Waals surface area contributed by atoms with E-state index in [2.05, 4.69) is 4.72 Å². The molecule has 0 saturated carbocycles. The van der Waals surface area contributed by atoms with Crippen LogP contribution in [0.3, 0.4) is 0 Å². The fraction of sp³-hybridized carbons (Fsp3) is 0.217. The Labute approximate surface area is 181 Å². The van der Waals surface area contributed by atoms with Crippen LogP contribution in [0.1, 0.15) is 37.7 Å². The summed E-state index contributed by atoms with van der Waals surface area (Å²) in [4.78, 5) is 24.7. The van der Waals surface area contributed by atoms with E-state index < -0.39 is 22.6 Å². The highest BCUT2D eigenvalue weighted by atomic mass is 32.2. The second kappa shape index (κ2) is 8.77. The Morgan fingerprint density at radius 1 is 0.968 bits per heavy atom. The standard InChI is InChI=1S/C23H24N2O5S/c1-15-5-9-19(10-6-15)24-31(28,29)20-11-7-18(8-12-20)23(27)30-14-22(26)21-13-16(2)25(4)17(21)3/h5-13,24H,14H2,1-4H3. The lowest BCUT2D eigenvalue weighted by molar-refractivity contribution is 0.0474. The maximum atomic E-state index is 12.5. The molecule has 0 bridgehead atoms. The number of hydrogen-bond acceptors (Lipinski definition) is 5. The molecule has 0 aliphatic rings. The molecule has 3 rings (SSSR count). The molecule has 1 heterocycles. The summed E-state index contributed by atoms with van der Waals surface area (Å²) in [7, 11) is -1.94. The molecule has 0 amide bonds. The maximum absolute atomic E-state index is 12.5. The fourth-order valence-corrected chi connectivity index (χ4v) is 4.09. The van der Waals surface area contributed by atoms with E-state index in [1.54, 1.807) is 30.3 Å². The molecule has 0 saturated heterocycles. The van der Waals surface area contributed by atoms with Gasteiger partial charge >= 0.3 is 5.97 Å². The summed E-state index contributed by atoms with van der Waals surface area (Å²) >= 11 is 0. The predicted molar refractivity (Wildman–Crippen MR) is 118 cm³/mol. The van der Waals surface area contributed by atoms with E-state index in [-0.39, 0.29) is 16.2 Å². The van der Waals surface area contributed by atoms with Gasteiger partial charge < -0.3 is 9.30 Å². The van der Waals surface area contributed by atoms with Gasteiger partial charge in [-0.1, -0.05) is 17.7 Å². The Morgan fingerprint density at radius 3 is 2.13 bits per heavy atom. The smallest absolute Gasteiger partial charge is 0.338 e. The minimum absolute atomic E-state index is 0.0103. The first-order valence-electron chi connectivity index (χ1n) is 9.61. The Kier molecular flexibility index (Phi) is 6.31. The number of carbonyl (C=O) groups is 2. The molecule has 0 spiro atoms. The zero-order valence-corrected chi connectivity index (χ0v) is 18.6. The first-order chi connectivity index (χ1) is 14.6. The van der Waals surface area contributed by atoms with E-state index in [0.717, 1.165) is 17.0 Å². The van der Waals surface area contributed by atoms with Crippen LogP contribution in [0, 0.1) is 20.8 Å². The van der Waals surface area contributed by atoms with E-state index in [4.69, 9.17) is 4.74 Å². The molecular weight excluding hydrogens is 416 g/mol. The van der Waals surface area contributed by atoms with Crippen molar-refractivity contribution in [2.75, 3.05) is 11.3 Å². The van der Waals surface area contributed by atoms with Gasteiger partial charge in [-0.3, -0.25) is 9.52 Å². The number of ketones is 1. The molecule has 3 aromatic rings. The molecule has 7 nitrogen and oxygen atoms in total. The van der Waals surface area contributed by atoms with E-state index >= 15 is 0 Å². The number of sulfonamides is 1. The third kappa shape index (κ3) is 5.03. The Morgan fingerprint density at radius 2 is 1.58 bits per heavy atom. The zero-order chi connectivity index (χ0) is 22.8. The monoisotopic (exact) mass is 440 g/mol. The molecule has 1 aromatic heterocycles. The first kappa shape index (κ1) is 22.3. The molecule has 1 N–H and O–H groups in total. The van der Waals surface area contributed by atoms with Crippen molar-refractivity contribution in [3.8, 4) is 0 Å². The summed E-state index contributed by atoms with van der Waals surface area (Å²) in [6, 6.07) is 14.1. The Hall–Kier alpha value is -3.39. The number of rotatable bonds is 7. The number of aromatic nitrogens is 1. The van der Waals surface area contributed by atoms with Crippen LogP contribution in [0.4, 0.5) is 5.69 Å². The number of aryl methyl sites for hydroxylation is 2. The van der Waals surface area contributed by atoms with Gasteiger partial charge in [0.1, 0.15) is 0 Å². The number of benzene rings is 2. The van der Waals surface area contributed by atoms with Gasteiger partial charge in [0.05, 0.1) is 10.5 Å². The van der Waals surface area contributed by atoms with Crippen molar-refractivity contribution in [1.82, 2.24) is 4.57 Å². The molecule has 8 heteroatoms. The minimum Gasteiger partial charge on any atom is -0.454 e. The first-order valence-corrected chi connectivity index (χ1v) is 11.1. The molecule has 0 aliphatic heterocycles. The Bertz CT molecular complexity index is 1220. The van der Waals surface area contributed by atoms with Crippen LogP contribution in [0.5, 0.6) is 0 Å². The zero-order valence-electron chi connectivity index (χ0n) is 17.8. The maximum Gasteiger partial charge on any atom is 0.338 e. The quantitative estimate of drug-likeness (QED) is 0.446. The number of carbonyl (C=O) groups excluding carboxylic acids is 2. The van der Waals surface area contributed by atoms with Crippen molar-refractivity contribution in [1.29, 1.82) is 0 Å². The van der Waals surface area contributed by atoms with Crippen LogP contribution in [0.2, 0.25) is 0 Å². The SMILES string of the molecule is Cc1ccc(NS(=O)(=O)c2ccc(C(=O)OCC(=O)c3cc(C)n(C)c3C)cc2)cc1. The normalized spacial score (nSPS) is 11.2. The Balaban J connectivity index is 1.65. The number of esters is 1. The van der Waals surface area contributed by atoms with Crippen molar-refractivity contribution >= 4 is 27.5 Å². The van der Waals surface area contributed by atoms with Crippen molar-refractivity contribution < 1.29 is 22.7 Å². The number of Topliss-reactive ketones (excluding diaryl/α,β-unsaturated/α-hetero) is 1. The highest BCUT2D eigenvalue weighted by Crippen LogP contribution is 2.18. The molecule has 2 aromatic carbocycles. The van der Waals surface area contributed by atoms with E-state index in [9.17, 15) is 18.0 Å². The topological polar surface area (TPSA) is 94.5 Å². The van der Waals surface area contributed by atoms with Crippen LogP contribution >= 0.6 is 0 Å². The molecule has 0 atom stereocenters. The molecule has 162 valence electrons. The number of nitrogens with one attached hydrogen (secondary N) is 1. The largest absolute Gasteiger partial charge is 0.454 e. The summed E-state index contributed by atoms with van der Waals surface area (Å²) in [5.74, 6) is -0.995. The van der Waals surface area contributed by atoms with Crippen LogP contribution in [-0.4, -0.2) is 31.3 Å². The lowest BCUT2D eigenvalue weighted by atomic mass is 10.1. The fourth-order valence-electron chi connectivity index (χ4n) is 3.04. The van der Waals surface area contributed by atoms with Gasteiger partial charge in [-0.05, 0) is 63.2 Å². The summed E-state index contributed by atoms with van der Waals surface area (Å²) in [5, 5.41) is 0. The van der Waals surface area contributed by atoms with Gasteiger partial charge in [0, 0.05) is 29.7 Å². The number of anilines is 1. The average molecular weight is 441 g/mol. The third-order valence-corrected chi connectivity index (χ3v) is 6.51. The van der Waals surface area contributed by atoms with Gasteiger partial charge in [-0.2, -0.15) is 0 Å².